The molecule has 1 aliphatic carbocycles. The third-order valence-corrected chi connectivity index (χ3v) is 7.66. The highest BCUT2D eigenvalue weighted by Crippen LogP contribution is 2.44. The first-order valence-electron chi connectivity index (χ1n) is 10.7. The molecule has 1 aromatic heterocycles. The van der Waals surface area contributed by atoms with Crippen LogP contribution in [0.2, 0.25) is 0 Å². The van der Waals surface area contributed by atoms with Crippen molar-refractivity contribution in [3.8, 4) is 22.5 Å². The molecule has 0 radical (unpaired) electrons. The number of hydrogen-bond donors (Lipinski definition) is 2. The Morgan fingerprint density at radius 2 is 1.60 bits per heavy atom. The van der Waals surface area contributed by atoms with E-state index in [0.717, 1.165) is 40.2 Å². The fraction of sp³-hybridized carbons (Fsp3) is 0.125. The molecule has 11 heteroatoms. The van der Waals surface area contributed by atoms with Crippen LogP contribution in [-0.4, -0.2) is 41.2 Å². The largest absolute Gasteiger partial charge is 0.326 e. The minimum Gasteiger partial charge on any atom is -0.326 e. The van der Waals surface area contributed by atoms with Crippen molar-refractivity contribution in [3.63, 3.8) is 0 Å². The molecule has 4 aromatic rings. The zero-order chi connectivity index (χ0) is 24.6. The van der Waals surface area contributed by atoms with Gasteiger partial charge in [0.15, 0.2) is 0 Å². The molecule has 9 nitrogen and oxygen atoms in total. The molecular weight excluding hydrogens is 486 g/mol. The lowest BCUT2D eigenvalue weighted by Gasteiger charge is -2.08. The lowest BCUT2D eigenvalue weighted by molar-refractivity contribution is -0.117. The van der Waals surface area contributed by atoms with E-state index in [1.54, 1.807) is 0 Å². The average molecular weight is 506 g/mol. The Balaban J connectivity index is 1.20. The third-order valence-electron chi connectivity index (χ3n) is 5.37. The van der Waals surface area contributed by atoms with E-state index >= 15 is 0 Å². The number of sulfonamides is 1. The maximum absolute atomic E-state index is 12.3. The van der Waals surface area contributed by atoms with Crippen molar-refractivity contribution in [1.82, 2.24) is 19.9 Å². The highest BCUT2D eigenvalue weighted by Gasteiger charge is 2.25. The van der Waals surface area contributed by atoms with Crippen LogP contribution in [0.3, 0.4) is 0 Å². The summed E-state index contributed by atoms with van der Waals surface area (Å²) in [7, 11) is -3.92. The van der Waals surface area contributed by atoms with Gasteiger partial charge < -0.3 is 5.32 Å². The van der Waals surface area contributed by atoms with E-state index in [1.165, 1.54) is 36.0 Å². The van der Waals surface area contributed by atoms with Crippen LogP contribution in [0, 0.1) is 0 Å². The molecule has 3 aromatic carbocycles. The molecule has 0 fully saturated rings. The van der Waals surface area contributed by atoms with Crippen molar-refractivity contribution in [2.45, 2.75) is 23.4 Å². The van der Waals surface area contributed by atoms with Crippen LogP contribution >= 0.6 is 11.8 Å². The van der Waals surface area contributed by atoms with Crippen LogP contribution < -0.4 is 10.0 Å². The summed E-state index contributed by atoms with van der Waals surface area (Å²) in [4.78, 5) is 28.0. The summed E-state index contributed by atoms with van der Waals surface area (Å²) in [6.45, 7) is 1.12. The molecule has 0 saturated heterocycles. The van der Waals surface area contributed by atoms with E-state index in [4.69, 9.17) is 4.98 Å². The van der Waals surface area contributed by atoms with Crippen LogP contribution in [0.25, 0.3) is 33.3 Å². The zero-order valence-corrected chi connectivity index (χ0v) is 20.1. The Morgan fingerprint density at radius 3 is 2.29 bits per heavy atom. The predicted octanol–water partition coefficient (Wildman–Crippen LogP) is 3.62. The minimum atomic E-state index is -3.92. The number of carbonyl (C=O) groups is 2. The molecule has 176 valence electrons. The fourth-order valence-corrected chi connectivity index (χ4v) is 5.62. The first-order valence-corrected chi connectivity index (χ1v) is 13.1. The highest BCUT2D eigenvalue weighted by atomic mass is 32.2. The van der Waals surface area contributed by atoms with Crippen molar-refractivity contribution in [3.05, 3.63) is 60.7 Å². The van der Waals surface area contributed by atoms with Gasteiger partial charge in [0.05, 0.1) is 4.90 Å². The van der Waals surface area contributed by atoms with Crippen molar-refractivity contribution < 1.29 is 18.0 Å². The Hall–Kier alpha value is -3.83. The van der Waals surface area contributed by atoms with E-state index in [2.05, 4.69) is 27.6 Å². The van der Waals surface area contributed by atoms with Gasteiger partial charge in [-0.2, -0.15) is 0 Å². The molecule has 1 heterocycles. The van der Waals surface area contributed by atoms with Crippen LogP contribution in [-0.2, 0) is 19.6 Å². The highest BCUT2D eigenvalue weighted by molar-refractivity contribution is 7.99. The first kappa shape index (κ1) is 22.9. The van der Waals surface area contributed by atoms with Crippen molar-refractivity contribution in [2.75, 3.05) is 11.1 Å². The van der Waals surface area contributed by atoms with Crippen molar-refractivity contribution >= 4 is 50.1 Å². The van der Waals surface area contributed by atoms with E-state index < -0.39 is 15.9 Å². The minimum absolute atomic E-state index is 0.0691. The summed E-state index contributed by atoms with van der Waals surface area (Å²) >= 11 is 1.34. The second-order valence-electron chi connectivity index (χ2n) is 7.83. The van der Waals surface area contributed by atoms with E-state index in [0.29, 0.717) is 16.6 Å². The number of nitrogens with one attached hydrogen (secondary N) is 2. The van der Waals surface area contributed by atoms with Gasteiger partial charge in [-0.3, -0.25) is 9.59 Å². The fourth-order valence-electron chi connectivity index (χ4n) is 3.90. The number of benzene rings is 3. The van der Waals surface area contributed by atoms with Crippen LogP contribution in [0.1, 0.15) is 13.3 Å². The van der Waals surface area contributed by atoms with Crippen LogP contribution in [0.5, 0.6) is 0 Å². The Bertz CT molecular complexity index is 1580. The van der Waals surface area contributed by atoms with Crippen LogP contribution in [0.15, 0.2) is 70.7 Å². The summed E-state index contributed by atoms with van der Waals surface area (Å²) in [6, 6.07) is 17.7. The first-order chi connectivity index (χ1) is 16.8. The molecule has 0 atom stereocenters. The molecule has 2 amide bonds. The number of amides is 2. The van der Waals surface area contributed by atoms with E-state index in [9.17, 15) is 18.0 Å². The molecule has 0 spiro atoms. The molecule has 0 aliphatic heterocycles. The standard InChI is InChI=1S/C24H19N5O4S2/c1-14(30)29-35(32,33)17-10-8-16(9-11-17)25-20(31)12-13-34-24-26-22-18-6-2-4-15-5-3-7-19(21(15)18)23(22)27-28-24/h2-11H,12-13H2,1H3,(H,25,31)(H,29,30). The molecular formula is C24H19N5O4S2. The number of hydrogen-bond acceptors (Lipinski definition) is 8. The van der Waals surface area contributed by atoms with E-state index in [-0.39, 0.29) is 17.2 Å². The summed E-state index contributed by atoms with van der Waals surface area (Å²) in [6.07, 6.45) is 0.201. The van der Waals surface area contributed by atoms with E-state index in [1.807, 2.05) is 29.0 Å². The van der Waals surface area contributed by atoms with Gasteiger partial charge in [0.25, 0.3) is 10.0 Å². The number of thioether (sulfide) groups is 1. The Kier molecular flexibility index (Phi) is 5.95. The molecule has 2 N–H and O–H groups in total. The molecule has 0 bridgehead atoms. The summed E-state index contributed by atoms with van der Waals surface area (Å²) in [5.41, 5.74) is 4.07. The van der Waals surface area contributed by atoms with Gasteiger partial charge in [0, 0.05) is 41.3 Å². The maximum Gasteiger partial charge on any atom is 0.264 e. The third kappa shape index (κ3) is 4.60. The lowest BCUT2D eigenvalue weighted by Crippen LogP contribution is -2.28. The van der Waals surface area contributed by atoms with Crippen LogP contribution in [0.4, 0.5) is 5.69 Å². The number of fused-ring (bicyclic) bond motifs is 3. The molecule has 1 aliphatic rings. The zero-order valence-electron chi connectivity index (χ0n) is 18.5. The number of nitrogens with zero attached hydrogens (tertiary/aromatic N) is 3. The number of carbonyl (C=O) groups excluding carboxylic acids is 2. The van der Waals surface area contributed by atoms with Gasteiger partial charge in [-0.15, -0.1) is 10.2 Å². The smallest absolute Gasteiger partial charge is 0.264 e. The Labute approximate surface area is 205 Å². The summed E-state index contributed by atoms with van der Waals surface area (Å²) in [5.74, 6) is -0.469. The molecule has 0 unspecified atom stereocenters. The molecule has 5 rings (SSSR count). The Morgan fingerprint density at radius 1 is 0.914 bits per heavy atom. The van der Waals surface area contributed by atoms with Gasteiger partial charge in [0.1, 0.15) is 11.4 Å². The summed E-state index contributed by atoms with van der Waals surface area (Å²) in [5, 5.41) is 14.1. The second-order valence-corrected chi connectivity index (χ2v) is 10.6. The quantitative estimate of drug-likeness (QED) is 0.321. The average Bonchev–Trinajstić information content (AvgIpc) is 3.14. The molecule has 35 heavy (non-hydrogen) atoms. The van der Waals surface area contributed by atoms with Gasteiger partial charge in [-0.05, 0) is 29.7 Å². The van der Waals surface area contributed by atoms with Crippen molar-refractivity contribution in [2.24, 2.45) is 0 Å². The predicted molar refractivity (Wildman–Crippen MR) is 133 cm³/mol. The van der Waals surface area contributed by atoms with Gasteiger partial charge in [-0.25, -0.2) is 18.1 Å². The normalized spacial score (nSPS) is 11.8. The molecule has 0 saturated carbocycles. The SMILES string of the molecule is CC(=O)NS(=O)(=O)c1ccc(NC(=O)CCSc2nnc3c(n2)-c2cccc4cccc-3c24)cc1. The second kappa shape index (κ2) is 9.08. The van der Waals surface area contributed by atoms with Gasteiger partial charge in [0.2, 0.25) is 17.0 Å². The lowest BCUT2D eigenvalue weighted by atomic mass is 10.0. The number of anilines is 1. The maximum atomic E-state index is 12.3. The number of rotatable bonds is 7. The summed E-state index contributed by atoms with van der Waals surface area (Å²) < 4.78 is 25.9. The number of aromatic nitrogens is 3. The monoisotopic (exact) mass is 505 g/mol. The van der Waals surface area contributed by atoms with Gasteiger partial charge >= 0.3 is 0 Å². The topological polar surface area (TPSA) is 131 Å². The van der Waals surface area contributed by atoms with Gasteiger partial charge in [-0.1, -0.05) is 48.2 Å². The van der Waals surface area contributed by atoms with Crippen molar-refractivity contribution in [1.29, 1.82) is 0 Å².